The van der Waals surface area contributed by atoms with E-state index < -0.39 is 0 Å². The van der Waals surface area contributed by atoms with Crippen LogP contribution in [0.2, 0.25) is 0 Å². The number of hydrogen-bond acceptors (Lipinski definition) is 3. The lowest BCUT2D eigenvalue weighted by atomic mass is 9.92. The molecule has 0 aliphatic carbocycles. The van der Waals surface area contributed by atoms with Gasteiger partial charge < -0.3 is 5.32 Å². The second kappa shape index (κ2) is 6.96. The minimum Gasteiger partial charge on any atom is -0.320 e. The van der Waals surface area contributed by atoms with E-state index in [1.807, 2.05) is 7.05 Å². The first-order valence-electron chi connectivity index (χ1n) is 7.21. The highest BCUT2D eigenvalue weighted by Gasteiger charge is 2.23. The largest absolute Gasteiger partial charge is 0.320 e. The van der Waals surface area contributed by atoms with Gasteiger partial charge in [0.15, 0.2) is 0 Å². The predicted molar refractivity (Wildman–Crippen MR) is 75.5 cm³/mol. The molecule has 3 nitrogen and oxygen atoms in total. The van der Waals surface area contributed by atoms with Crippen molar-refractivity contribution in [1.82, 2.24) is 15.2 Å². The molecule has 1 aromatic heterocycles. The van der Waals surface area contributed by atoms with E-state index in [1.54, 1.807) is 6.07 Å². The van der Waals surface area contributed by atoms with Crippen LogP contribution in [0.3, 0.4) is 0 Å². The minimum atomic E-state index is -0.262. The molecule has 2 heterocycles. The number of pyridine rings is 1. The van der Waals surface area contributed by atoms with Crippen molar-refractivity contribution < 1.29 is 4.39 Å². The molecule has 0 radical (unpaired) electrons. The molecule has 2 rings (SSSR count). The highest BCUT2D eigenvalue weighted by molar-refractivity contribution is 5.09. The third-order valence-corrected chi connectivity index (χ3v) is 4.18. The summed E-state index contributed by atoms with van der Waals surface area (Å²) in [4.78, 5) is 6.65. The lowest BCUT2D eigenvalue weighted by Gasteiger charge is -2.35. The fourth-order valence-electron chi connectivity index (χ4n) is 2.80. The van der Waals surface area contributed by atoms with Crippen LogP contribution in [0.15, 0.2) is 18.3 Å². The van der Waals surface area contributed by atoms with E-state index in [0.29, 0.717) is 0 Å². The highest BCUT2D eigenvalue weighted by atomic mass is 19.1. The normalized spacial score (nSPS) is 19.5. The molecule has 1 saturated heterocycles. The average Bonchev–Trinajstić information content (AvgIpc) is 2.46. The molecule has 4 heteroatoms. The Morgan fingerprint density at radius 1 is 1.42 bits per heavy atom. The first kappa shape index (κ1) is 14.4. The van der Waals surface area contributed by atoms with Crippen molar-refractivity contribution in [3.8, 4) is 0 Å². The van der Waals surface area contributed by atoms with Crippen molar-refractivity contribution >= 4 is 0 Å². The van der Waals surface area contributed by atoms with Gasteiger partial charge >= 0.3 is 0 Å². The first-order chi connectivity index (χ1) is 9.20. The van der Waals surface area contributed by atoms with E-state index in [-0.39, 0.29) is 11.9 Å². The van der Waals surface area contributed by atoms with Crippen molar-refractivity contribution in [3.05, 3.63) is 29.8 Å². The maximum atomic E-state index is 12.9. The quantitative estimate of drug-likeness (QED) is 0.887. The second-order valence-electron chi connectivity index (χ2n) is 5.45. The van der Waals surface area contributed by atoms with Gasteiger partial charge in [0.25, 0.3) is 0 Å². The summed E-state index contributed by atoms with van der Waals surface area (Å²) in [6, 6.07) is 3.58. The molecule has 1 aromatic rings. The summed E-state index contributed by atoms with van der Waals surface area (Å²) in [5, 5.41) is 3.22. The van der Waals surface area contributed by atoms with Gasteiger partial charge in [0.05, 0.1) is 11.9 Å². The van der Waals surface area contributed by atoms with Crippen molar-refractivity contribution in [3.63, 3.8) is 0 Å². The van der Waals surface area contributed by atoms with Gasteiger partial charge in [0.1, 0.15) is 5.82 Å². The van der Waals surface area contributed by atoms with Crippen LogP contribution in [0.25, 0.3) is 0 Å². The first-order valence-corrected chi connectivity index (χ1v) is 7.21. The molecule has 1 fully saturated rings. The zero-order valence-electron chi connectivity index (χ0n) is 11.9. The molecule has 0 saturated carbocycles. The van der Waals surface area contributed by atoms with Gasteiger partial charge in [-0.15, -0.1) is 0 Å². The SMILES string of the molecule is CNCCC1CCN(C(C)c2ccc(F)cn2)CC1. The lowest BCUT2D eigenvalue weighted by Crippen LogP contribution is -2.36. The summed E-state index contributed by atoms with van der Waals surface area (Å²) in [6.45, 7) is 5.51. The number of nitrogens with zero attached hydrogens (tertiary/aromatic N) is 2. The Kier molecular flexibility index (Phi) is 5.28. The predicted octanol–water partition coefficient (Wildman–Crippen LogP) is 2.60. The monoisotopic (exact) mass is 265 g/mol. The van der Waals surface area contributed by atoms with Gasteiger partial charge in [-0.25, -0.2) is 4.39 Å². The van der Waals surface area contributed by atoms with Crippen molar-refractivity contribution in [1.29, 1.82) is 0 Å². The molecule has 0 spiro atoms. The molecule has 1 aliphatic rings. The molecule has 1 N–H and O–H groups in total. The van der Waals surface area contributed by atoms with E-state index in [1.165, 1.54) is 31.5 Å². The number of aromatic nitrogens is 1. The summed E-state index contributed by atoms with van der Waals surface area (Å²) >= 11 is 0. The van der Waals surface area contributed by atoms with Gasteiger partial charge in [-0.3, -0.25) is 9.88 Å². The van der Waals surface area contributed by atoms with E-state index in [0.717, 1.165) is 31.2 Å². The zero-order valence-corrected chi connectivity index (χ0v) is 11.9. The average molecular weight is 265 g/mol. The topological polar surface area (TPSA) is 28.2 Å². The summed E-state index contributed by atoms with van der Waals surface area (Å²) in [6.07, 6.45) is 5.10. The molecule has 1 unspecified atom stereocenters. The Morgan fingerprint density at radius 3 is 2.74 bits per heavy atom. The Bertz CT molecular complexity index is 371. The van der Waals surface area contributed by atoms with Gasteiger partial charge in [0, 0.05) is 6.04 Å². The van der Waals surface area contributed by atoms with Gasteiger partial charge in [-0.05, 0) is 70.9 Å². The Labute approximate surface area is 115 Å². The third kappa shape index (κ3) is 3.98. The lowest BCUT2D eigenvalue weighted by molar-refractivity contribution is 0.135. The summed E-state index contributed by atoms with van der Waals surface area (Å²) < 4.78 is 12.9. The zero-order chi connectivity index (χ0) is 13.7. The molecule has 0 amide bonds. The van der Waals surface area contributed by atoms with Crippen LogP contribution in [0.4, 0.5) is 4.39 Å². The maximum absolute atomic E-state index is 12.9. The fourth-order valence-corrected chi connectivity index (χ4v) is 2.80. The summed E-state index contributed by atoms with van der Waals surface area (Å²) in [7, 11) is 2.01. The maximum Gasteiger partial charge on any atom is 0.141 e. The van der Waals surface area contributed by atoms with Gasteiger partial charge in [-0.1, -0.05) is 0 Å². The van der Waals surface area contributed by atoms with Crippen LogP contribution in [0.1, 0.15) is 37.9 Å². The van der Waals surface area contributed by atoms with Gasteiger partial charge in [-0.2, -0.15) is 0 Å². The Morgan fingerprint density at radius 2 is 2.16 bits per heavy atom. The molecule has 0 bridgehead atoms. The number of halogens is 1. The summed E-state index contributed by atoms with van der Waals surface area (Å²) in [5.74, 6) is 0.582. The Balaban J connectivity index is 1.85. The molecule has 106 valence electrons. The van der Waals surface area contributed by atoms with Crippen LogP contribution in [0, 0.1) is 11.7 Å². The van der Waals surface area contributed by atoms with Crippen molar-refractivity contribution in [2.24, 2.45) is 5.92 Å². The third-order valence-electron chi connectivity index (χ3n) is 4.18. The second-order valence-corrected chi connectivity index (χ2v) is 5.45. The molecular weight excluding hydrogens is 241 g/mol. The molecule has 0 aromatic carbocycles. The van der Waals surface area contributed by atoms with E-state index in [2.05, 4.69) is 22.1 Å². The molecular formula is C15H24FN3. The van der Waals surface area contributed by atoms with E-state index in [4.69, 9.17) is 0 Å². The minimum absolute atomic E-state index is 0.262. The van der Waals surface area contributed by atoms with Crippen LogP contribution >= 0.6 is 0 Å². The van der Waals surface area contributed by atoms with Crippen molar-refractivity contribution in [2.45, 2.75) is 32.2 Å². The highest BCUT2D eigenvalue weighted by Crippen LogP contribution is 2.26. The van der Waals surface area contributed by atoms with Crippen LogP contribution in [-0.4, -0.2) is 36.6 Å². The van der Waals surface area contributed by atoms with Gasteiger partial charge in [0.2, 0.25) is 0 Å². The number of piperidine rings is 1. The van der Waals surface area contributed by atoms with Crippen LogP contribution in [0.5, 0.6) is 0 Å². The smallest absolute Gasteiger partial charge is 0.141 e. The number of hydrogen-bond donors (Lipinski definition) is 1. The fraction of sp³-hybridized carbons (Fsp3) is 0.667. The number of rotatable bonds is 5. The van der Waals surface area contributed by atoms with Crippen LogP contribution in [-0.2, 0) is 0 Å². The molecule has 1 aliphatic heterocycles. The van der Waals surface area contributed by atoms with E-state index >= 15 is 0 Å². The van der Waals surface area contributed by atoms with Crippen LogP contribution < -0.4 is 5.32 Å². The van der Waals surface area contributed by atoms with E-state index in [9.17, 15) is 4.39 Å². The number of nitrogens with one attached hydrogen (secondary N) is 1. The molecule has 1 atom stereocenters. The number of likely N-dealkylation sites (tertiary alicyclic amines) is 1. The summed E-state index contributed by atoms with van der Waals surface area (Å²) in [5.41, 5.74) is 0.968. The molecule has 19 heavy (non-hydrogen) atoms. The van der Waals surface area contributed by atoms with Crippen molar-refractivity contribution in [2.75, 3.05) is 26.7 Å². The Hall–Kier alpha value is -1.00. The standard InChI is InChI=1S/C15H24FN3/c1-12(15-4-3-14(16)11-18-15)19-9-6-13(7-10-19)5-8-17-2/h3-4,11-13,17H,5-10H2,1-2H3.